The molecule has 0 saturated heterocycles. The maximum absolute atomic E-state index is 11.0. The summed E-state index contributed by atoms with van der Waals surface area (Å²) in [7, 11) is 0. The van der Waals surface area contributed by atoms with Crippen LogP contribution < -0.4 is 5.73 Å². The summed E-state index contributed by atoms with van der Waals surface area (Å²) in [6.07, 6.45) is 6.92. The van der Waals surface area contributed by atoms with E-state index >= 15 is 0 Å². The highest BCUT2D eigenvalue weighted by atomic mass is 16.3. The molecule has 0 aromatic heterocycles. The number of aliphatic hydroxyl groups is 1. The normalized spacial score (nSPS) is 44.8. The van der Waals surface area contributed by atoms with Gasteiger partial charge in [0, 0.05) is 12.0 Å². The van der Waals surface area contributed by atoms with Crippen LogP contribution >= 0.6 is 0 Å². The lowest BCUT2D eigenvalue weighted by Gasteiger charge is -2.58. The molecule has 2 heteroatoms. The summed E-state index contributed by atoms with van der Waals surface area (Å²) >= 11 is 0. The van der Waals surface area contributed by atoms with E-state index in [0.717, 1.165) is 19.3 Å². The first-order valence-electron chi connectivity index (χ1n) is 6.46. The van der Waals surface area contributed by atoms with Crippen molar-refractivity contribution in [1.82, 2.24) is 0 Å². The van der Waals surface area contributed by atoms with Crippen molar-refractivity contribution in [2.75, 3.05) is 6.54 Å². The first kappa shape index (κ1) is 11.4. The van der Waals surface area contributed by atoms with E-state index in [2.05, 4.69) is 13.8 Å². The van der Waals surface area contributed by atoms with Gasteiger partial charge in [-0.15, -0.1) is 0 Å². The fourth-order valence-corrected chi connectivity index (χ4v) is 3.76. The van der Waals surface area contributed by atoms with E-state index in [4.69, 9.17) is 5.73 Å². The lowest BCUT2D eigenvalue weighted by molar-refractivity contribution is -0.180. The van der Waals surface area contributed by atoms with Gasteiger partial charge in [-0.05, 0) is 37.5 Å². The fraction of sp³-hybridized carbons (Fsp3) is 1.00. The molecule has 2 aliphatic rings. The summed E-state index contributed by atoms with van der Waals surface area (Å²) in [5.74, 6) is 1.09. The van der Waals surface area contributed by atoms with Gasteiger partial charge in [0.1, 0.15) is 0 Å². The molecule has 3 atom stereocenters. The molecule has 3 unspecified atom stereocenters. The second-order valence-electron chi connectivity index (χ2n) is 6.05. The first-order valence-corrected chi connectivity index (χ1v) is 6.46. The van der Waals surface area contributed by atoms with E-state index in [9.17, 15) is 5.11 Å². The van der Waals surface area contributed by atoms with Crippen LogP contribution in [-0.4, -0.2) is 17.3 Å². The molecule has 2 fully saturated rings. The maximum atomic E-state index is 11.0. The van der Waals surface area contributed by atoms with Gasteiger partial charge in [-0.25, -0.2) is 0 Å². The SMILES string of the molecule is CC1CCC(C)C(O)(C2(CN)CCC2)C1. The lowest BCUT2D eigenvalue weighted by Crippen LogP contribution is -2.61. The Morgan fingerprint density at radius 3 is 2.40 bits per heavy atom. The van der Waals surface area contributed by atoms with Gasteiger partial charge in [0.25, 0.3) is 0 Å². The molecule has 0 spiro atoms. The molecule has 0 aliphatic heterocycles. The van der Waals surface area contributed by atoms with Crippen molar-refractivity contribution in [2.24, 2.45) is 23.0 Å². The van der Waals surface area contributed by atoms with Crippen LogP contribution in [-0.2, 0) is 0 Å². The van der Waals surface area contributed by atoms with Crippen LogP contribution in [0.15, 0.2) is 0 Å². The van der Waals surface area contributed by atoms with Crippen molar-refractivity contribution < 1.29 is 5.11 Å². The van der Waals surface area contributed by atoms with Crippen LogP contribution in [0.1, 0.15) is 52.4 Å². The number of hydrogen-bond acceptors (Lipinski definition) is 2. The molecular weight excluding hydrogens is 186 g/mol. The van der Waals surface area contributed by atoms with Gasteiger partial charge < -0.3 is 10.8 Å². The van der Waals surface area contributed by atoms with Crippen molar-refractivity contribution in [1.29, 1.82) is 0 Å². The van der Waals surface area contributed by atoms with Gasteiger partial charge >= 0.3 is 0 Å². The van der Waals surface area contributed by atoms with E-state index in [0.29, 0.717) is 18.4 Å². The number of hydrogen-bond donors (Lipinski definition) is 2. The zero-order valence-electron chi connectivity index (χ0n) is 10.1. The smallest absolute Gasteiger partial charge is 0.0743 e. The Kier molecular flexibility index (Phi) is 2.85. The maximum Gasteiger partial charge on any atom is 0.0743 e. The molecule has 0 aromatic rings. The molecule has 0 radical (unpaired) electrons. The summed E-state index contributed by atoms with van der Waals surface area (Å²) in [5, 5.41) is 11.0. The highest BCUT2D eigenvalue weighted by Gasteiger charge is 2.56. The molecule has 15 heavy (non-hydrogen) atoms. The van der Waals surface area contributed by atoms with Crippen molar-refractivity contribution in [3.05, 3.63) is 0 Å². The Morgan fingerprint density at radius 1 is 1.27 bits per heavy atom. The molecule has 0 heterocycles. The van der Waals surface area contributed by atoms with Gasteiger partial charge in [0.15, 0.2) is 0 Å². The summed E-state index contributed by atoms with van der Waals surface area (Å²) < 4.78 is 0. The Balaban J connectivity index is 2.21. The van der Waals surface area contributed by atoms with Crippen LogP contribution in [0.4, 0.5) is 0 Å². The molecule has 0 aromatic carbocycles. The van der Waals surface area contributed by atoms with E-state index in [1.165, 1.54) is 19.3 Å². The molecule has 2 rings (SSSR count). The molecule has 2 saturated carbocycles. The predicted octanol–water partition coefficient (Wildman–Crippen LogP) is 2.30. The van der Waals surface area contributed by atoms with E-state index in [1.807, 2.05) is 0 Å². The standard InChI is InChI=1S/C13H25NO/c1-10-4-5-11(2)13(15,8-10)12(9-14)6-3-7-12/h10-11,15H,3-9,14H2,1-2H3. The van der Waals surface area contributed by atoms with E-state index in [1.54, 1.807) is 0 Å². The van der Waals surface area contributed by atoms with E-state index in [-0.39, 0.29) is 5.41 Å². The van der Waals surface area contributed by atoms with Crippen LogP contribution in [0.5, 0.6) is 0 Å². The topological polar surface area (TPSA) is 46.2 Å². The molecule has 0 bridgehead atoms. The summed E-state index contributed by atoms with van der Waals surface area (Å²) in [6, 6.07) is 0. The third kappa shape index (κ3) is 1.53. The monoisotopic (exact) mass is 211 g/mol. The highest BCUT2D eigenvalue weighted by molar-refractivity contribution is 5.08. The van der Waals surface area contributed by atoms with Gasteiger partial charge in [0.2, 0.25) is 0 Å². The van der Waals surface area contributed by atoms with Crippen molar-refractivity contribution >= 4 is 0 Å². The summed E-state index contributed by atoms with van der Waals surface area (Å²) in [4.78, 5) is 0. The summed E-state index contributed by atoms with van der Waals surface area (Å²) in [5.41, 5.74) is 5.51. The van der Waals surface area contributed by atoms with Crippen molar-refractivity contribution in [3.63, 3.8) is 0 Å². The van der Waals surface area contributed by atoms with Gasteiger partial charge in [-0.2, -0.15) is 0 Å². The second kappa shape index (κ2) is 3.74. The van der Waals surface area contributed by atoms with Crippen LogP contribution in [0.2, 0.25) is 0 Å². The van der Waals surface area contributed by atoms with Crippen molar-refractivity contribution in [3.8, 4) is 0 Å². The molecule has 3 N–H and O–H groups in total. The quantitative estimate of drug-likeness (QED) is 0.736. The third-order valence-corrected chi connectivity index (χ3v) is 5.19. The minimum atomic E-state index is -0.475. The average Bonchev–Trinajstić information content (AvgIpc) is 2.11. The van der Waals surface area contributed by atoms with Crippen LogP contribution in [0.3, 0.4) is 0 Å². The molecule has 88 valence electrons. The van der Waals surface area contributed by atoms with Gasteiger partial charge in [0.05, 0.1) is 5.60 Å². The molecule has 2 nitrogen and oxygen atoms in total. The Hall–Kier alpha value is -0.0800. The predicted molar refractivity (Wildman–Crippen MR) is 62.5 cm³/mol. The Morgan fingerprint density at radius 2 is 1.93 bits per heavy atom. The van der Waals surface area contributed by atoms with Crippen LogP contribution in [0.25, 0.3) is 0 Å². The van der Waals surface area contributed by atoms with Gasteiger partial charge in [-0.1, -0.05) is 26.7 Å². The molecule has 2 aliphatic carbocycles. The Labute approximate surface area is 93.2 Å². The average molecular weight is 211 g/mol. The third-order valence-electron chi connectivity index (χ3n) is 5.19. The highest BCUT2D eigenvalue weighted by Crippen LogP contribution is 2.56. The number of rotatable bonds is 2. The minimum Gasteiger partial charge on any atom is -0.389 e. The minimum absolute atomic E-state index is 0.0566. The zero-order chi connectivity index (χ0) is 11.1. The zero-order valence-corrected chi connectivity index (χ0v) is 10.1. The summed E-state index contributed by atoms with van der Waals surface area (Å²) in [6.45, 7) is 5.14. The van der Waals surface area contributed by atoms with Crippen LogP contribution in [0, 0.1) is 17.3 Å². The van der Waals surface area contributed by atoms with E-state index < -0.39 is 5.60 Å². The largest absolute Gasteiger partial charge is 0.389 e. The Bertz CT molecular complexity index is 231. The molecule has 0 amide bonds. The molecular formula is C13H25NO. The first-order chi connectivity index (χ1) is 7.04. The number of nitrogens with two attached hydrogens (primary N) is 1. The van der Waals surface area contributed by atoms with Crippen molar-refractivity contribution in [2.45, 2.75) is 58.0 Å². The lowest BCUT2D eigenvalue weighted by atomic mass is 9.51. The van der Waals surface area contributed by atoms with Gasteiger partial charge in [-0.3, -0.25) is 0 Å². The fourth-order valence-electron chi connectivity index (χ4n) is 3.76. The second-order valence-corrected chi connectivity index (χ2v) is 6.05.